The number of carbonyl (C=O) groups is 3. The largest absolute Gasteiger partial charge is 0.459 e. The quantitative estimate of drug-likeness (QED) is 0.531. The molecule has 2 amide bonds. The Morgan fingerprint density at radius 3 is 2.50 bits per heavy atom. The molecule has 1 aliphatic heterocycles. The van der Waals surface area contributed by atoms with Crippen LogP contribution in [0.3, 0.4) is 0 Å². The number of nitrogens with one attached hydrogen (secondary N) is 1. The summed E-state index contributed by atoms with van der Waals surface area (Å²) in [5.74, 6) is -6.15. The fourth-order valence-corrected chi connectivity index (χ4v) is 3.18. The number of benzene rings is 2. The summed E-state index contributed by atoms with van der Waals surface area (Å²) in [5, 5.41) is 7.72. The number of hydrogen-bond acceptors (Lipinski definition) is 5. The highest BCUT2D eigenvalue weighted by atomic mass is 19.3. The number of ether oxygens (including phenoxy) is 1. The Balaban J connectivity index is 1.79. The minimum absolute atomic E-state index is 0.145. The molecule has 1 N–H and O–H groups in total. The van der Waals surface area contributed by atoms with Crippen LogP contribution in [0.4, 0.5) is 20.2 Å². The fraction of sp³-hybridized carbons (Fsp3) is 0.304. The second-order valence-electron chi connectivity index (χ2n) is 7.79. The maximum atomic E-state index is 13.6. The molecule has 32 heavy (non-hydrogen) atoms. The van der Waals surface area contributed by atoms with Crippen LogP contribution in [0.15, 0.2) is 53.6 Å². The lowest BCUT2D eigenvalue weighted by Gasteiger charge is -2.16. The third-order valence-corrected chi connectivity index (χ3v) is 4.70. The van der Waals surface area contributed by atoms with Crippen LogP contribution in [0.2, 0.25) is 0 Å². The standard InChI is InChI=1S/C23H23F2N3O4/c1-13(2)32-22(31)15-7-5-10-18(11-15)28-21(30)19(14(3)27-28)20(29)26-17-9-6-8-16(12-17)23(4,24)25/h5-13,19H,1-4H3,(H,26,29). The van der Waals surface area contributed by atoms with Gasteiger partial charge in [0.2, 0.25) is 5.91 Å². The van der Waals surface area contributed by atoms with Crippen LogP contribution in [0.25, 0.3) is 0 Å². The Morgan fingerprint density at radius 2 is 1.84 bits per heavy atom. The van der Waals surface area contributed by atoms with Gasteiger partial charge in [-0.1, -0.05) is 18.2 Å². The molecule has 168 valence electrons. The summed E-state index contributed by atoms with van der Waals surface area (Å²) in [5.41, 5.74) is 0.661. The van der Waals surface area contributed by atoms with E-state index < -0.39 is 29.6 Å². The molecule has 9 heteroatoms. The summed E-state index contributed by atoms with van der Waals surface area (Å²) in [6.45, 7) is 5.73. The molecule has 0 bridgehead atoms. The molecule has 0 saturated carbocycles. The summed E-state index contributed by atoms with van der Waals surface area (Å²) in [6.07, 6.45) is -0.306. The van der Waals surface area contributed by atoms with Crippen molar-refractivity contribution in [2.75, 3.05) is 10.3 Å². The first kappa shape index (κ1) is 23.1. The SMILES string of the molecule is CC1=NN(c2cccc(C(=O)OC(C)C)c2)C(=O)C1C(=O)Nc1cccc(C(C)(F)F)c1. The maximum absolute atomic E-state index is 13.6. The highest BCUT2D eigenvalue weighted by molar-refractivity contribution is 6.28. The number of carbonyl (C=O) groups excluding carboxylic acids is 3. The molecule has 0 aromatic heterocycles. The molecule has 0 saturated heterocycles. The Hall–Kier alpha value is -3.62. The number of esters is 1. The van der Waals surface area contributed by atoms with E-state index in [0.29, 0.717) is 5.69 Å². The van der Waals surface area contributed by atoms with Crippen molar-refractivity contribution in [3.05, 3.63) is 59.7 Å². The molecule has 1 aliphatic rings. The molecule has 7 nitrogen and oxygen atoms in total. The van der Waals surface area contributed by atoms with Gasteiger partial charge in [0.1, 0.15) is 0 Å². The first-order valence-corrected chi connectivity index (χ1v) is 9.96. The Kier molecular flexibility index (Phi) is 6.38. The van der Waals surface area contributed by atoms with E-state index in [4.69, 9.17) is 4.74 Å². The van der Waals surface area contributed by atoms with Gasteiger partial charge < -0.3 is 10.1 Å². The molecule has 1 heterocycles. The molecule has 0 fully saturated rings. The van der Waals surface area contributed by atoms with Crippen LogP contribution in [0, 0.1) is 5.92 Å². The Bertz CT molecular complexity index is 1090. The van der Waals surface area contributed by atoms with E-state index in [-0.39, 0.29) is 28.6 Å². The van der Waals surface area contributed by atoms with Crippen molar-refractivity contribution in [2.24, 2.45) is 11.0 Å². The van der Waals surface area contributed by atoms with E-state index in [1.165, 1.54) is 31.2 Å². The van der Waals surface area contributed by atoms with Crippen LogP contribution in [-0.4, -0.2) is 29.6 Å². The number of amides is 2. The van der Waals surface area contributed by atoms with Gasteiger partial charge in [0, 0.05) is 18.2 Å². The number of halogens is 2. The molecular formula is C23H23F2N3O4. The predicted octanol–water partition coefficient (Wildman–Crippen LogP) is 4.34. The van der Waals surface area contributed by atoms with Crippen molar-refractivity contribution in [1.29, 1.82) is 0 Å². The number of hydrazone groups is 1. The van der Waals surface area contributed by atoms with E-state index in [0.717, 1.165) is 18.0 Å². The van der Waals surface area contributed by atoms with E-state index >= 15 is 0 Å². The monoisotopic (exact) mass is 443 g/mol. The summed E-state index contributed by atoms with van der Waals surface area (Å²) in [4.78, 5) is 37.9. The Morgan fingerprint density at radius 1 is 1.16 bits per heavy atom. The first-order valence-electron chi connectivity index (χ1n) is 9.96. The third-order valence-electron chi connectivity index (χ3n) is 4.70. The topological polar surface area (TPSA) is 88.1 Å². The van der Waals surface area contributed by atoms with E-state index in [1.807, 2.05) is 0 Å². The number of nitrogens with zero attached hydrogens (tertiary/aromatic N) is 2. The average molecular weight is 443 g/mol. The number of alkyl halides is 2. The summed E-state index contributed by atoms with van der Waals surface area (Å²) in [7, 11) is 0. The fourth-order valence-electron chi connectivity index (χ4n) is 3.18. The summed E-state index contributed by atoms with van der Waals surface area (Å²) >= 11 is 0. The molecular weight excluding hydrogens is 420 g/mol. The van der Waals surface area contributed by atoms with Gasteiger partial charge in [0.15, 0.2) is 5.92 Å². The predicted molar refractivity (Wildman–Crippen MR) is 116 cm³/mol. The highest BCUT2D eigenvalue weighted by Gasteiger charge is 2.40. The van der Waals surface area contributed by atoms with Crippen molar-refractivity contribution in [3.63, 3.8) is 0 Å². The highest BCUT2D eigenvalue weighted by Crippen LogP contribution is 2.30. The minimum atomic E-state index is -3.07. The van der Waals surface area contributed by atoms with E-state index in [1.54, 1.807) is 32.0 Å². The lowest BCUT2D eigenvalue weighted by atomic mass is 10.0. The minimum Gasteiger partial charge on any atom is -0.459 e. The molecule has 2 aromatic carbocycles. The lowest BCUT2D eigenvalue weighted by molar-refractivity contribution is -0.127. The molecule has 0 spiro atoms. The summed E-state index contributed by atoms with van der Waals surface area (Å²) in [6, 6.07) is 11.4. The van der Waals surface area contributed by atoms with Gasteiger partial charge in [-0.15, -0.1) is 0 Å². The normalized spacial score (nSPS) is 16.2. The van der Waals surface area contributed by atoms with Crippen LogP contribution in [0.5, 0.6) is 0 Å². The van der Waals surface area contributed by atoms with Crippen molar-refractivity contribution in [3.8, 4) is 0 Å². The van der Waals surface area contributed by atoms with Crippen LogP contribution in [-0.2, 0) is 20.2 Å². The first-order chi connectivity index (χ1) is 15.0. The van der Waals surface area contributed by atoms with Gasteiger partial charge in [-0.2, -0.15) is 10.1 Å². The van der Waals surface area contributed by atoms with Crippen LogP contribution >= 0.6 is 0 Å². The molecule has 2 aromatic rings. The average Bonchev–Trinajstić information content (AvgIpc) is 3.01. The van der Waals surface area contributed by atoms with Gasteiger partial charge in [-0.05, 0) is 51.1 Å². The van der Waals surface area contributed by atoms with Gasteiger partial charge in [0.25, 0.3) is 11.8 Å². The van der Waals surface area contributed by atoms with Gasteiger partial charge in [0.05, 0.1) is 23.1 Å². The second kappa shape index (κ2) is 8.86. The molecule has 0 aliphatic carbocycles. The smallest absolute Gasteiger partial charge is 0.338 e. The second-order valence-corrected chi connectivity index (χ2v) is 7.79. The zero-order valence-corrected chi connectivity index (χ0v) is 18.1. The molecule has 3 rings (SSSR count). The zero-order valence-electron chi connectivity index (χ0n) is 18.1. The van der Waals surface area contributed by atoms with E-state index in [9.17, 15) is 23.2 Å². The lowest BCUT2D eigenvalue weighted by Crippen LogP contribution is -2.36. The van der Waals surface area contributed by atoms with Crippen molar-refractivity contribution >= 4 is 34.9 Å². The maximum Gasteiger partial charge on any atom is 0.338 e. The Labute approximate surface area is 184 Å². The van der Waals surface area contributed by atoms with Crippen LogP contribution < -0.4 is 10.3 Å². The third kappa shape index (κ3) is 4.99. The number of rotatable bonds is 6. The number of hydrogen-bond donors (Lipinski definition) is 1. The van der Waals surface area contributed by atoms with Crippen molar-refractivity contribution in [1.82, 2.24) is 0 Å². The van der Waals surface area contributed by atoms with Crippen LogP contribution in [0.1, 0.15) is 43.6 Å². The zero-order chi connectivity index (χ0) is 23.6. The number of anilines is 2. The van der Waals surface area contributed by atoms with Crippen molar-refractivity contribution in [2.45, 2.75) is 39.7 Å². The molecule has 1 atom stereocenters. The molecule has 0 radical (unpaired) electrons. The van der Waals surface area contributed by atoms with Gasteiger partial charge >= 0.3 is 5.97 Å². The molecule has 1 unspecified atom stereocenters. The van der Waals surface area contributed by atoms with Crippen molar-refractivity contribution < 1.29 is 27.9 Å². The summed E-state index contributed by atoms with van der Waals surface area (Å²) < 4.78 is 32.3. The van der Waals surface area contributed by atoms with E-state index in [2.05, 4.69) is 10.4 Å². The van der Waals surface area contributed by atoms with Gasteiger partial charge in [-0.3, -0.25) is 9.59 Å². The van der Waals surface area contributed by atoms with Gasteiger partial charge in [-0.25, -0.2) is 13.6 Å².